The number of quaternary nitrogens is 1. The summed E-state index contributed by atoms with van der Waals surface area (Å²) in [6.07, 6.45) is 0. The van der Waals surface area contributed by atoms with Crippen molar-refractivity contribution in [3.05, 3.63) is 65.2 Å². The average molecular weight is 417 g/mol. The number of rotatable bonds is 6. The van der Waals surface area contributed by atoms with E-state index in [0.717, 1.165) is 10.5 Å². The van der Waals surface area contributed by atoms with Gasteiger partial charge >= 0.3 is 0 Å². The minimum absolute atomic E-state index is 0.0827. The van der Waals surface area contributed by atoms with Crippen molar-refractivity contribution in [3.8, 4) is 0 Å². The molecule has 1 heterocycles. The Labute approximate surface area is 173 Å². The summed E-state index contributed by atoms with van der Waals surface area (Å²) < 4.78 is 27.0. The number of carbonyl (C=O) groups is 1. The number of amides is 1. The van der Waals surface area contributed by atoms with Gasteiger partial charge in [-0.3, -0.25) is 4.79 Å². The third-order valence-corrected chi connectivity index (χ3v) is 7.46. The molecule has 1 fully saturated rings. The molecule has 1 amide bonds. The van der Waals surface area contributed by atoms with Gasteiger partial charge in [-0.05, 0) is 37.1 Å². The van der Waals surface area contributed by atoms with Crippen LogP contribution in [0.5, 0.6) is 0 Å². The number of aryl methyl sites for hydroxylation is 2. The standard InChI is InChI=1S/C22H29N3O3S/c1-18-9-10-20(19(2)15-18)16-23(3)22(26)17-24-11-13-25(14-12-24)29(27,28)21-7-5-4-6-8-21/h4-10,15H,11-14,16-17H2,1-3H3/p+1. The molecule has 29 heavy (non-hydrogen) atoms. The van der Waals surface area contributed by atoms with Gasteiger partial charge in [0.15, 0.2) is 6.54 Å². The smallest absolute Gasteiger partial charge is 0.277 e. The molecule has 0 unspecified atom stereocenters. The van der Waals surface area contributed by atoms with Crippen molar-refractivity contribution >= 4 is 15.9 Å². The Morgan fingerprint density at radius 2 is 1.72 bits per heavy atom. The highest BCUT2D eigenvalue weighted by Crippen LogP contribution is 2.15. The number of carbonyl (C=O) groups excluding carboxylic acids is 1. The van der Waals surface area contributed by atoms with Gasteiger partial charge in [-0.25, -0.2) is 8.42 Å². The van der Waals surface area contributed by atoms with Crippen molar-refractivity contribution in [3.63, 3.8) is 0 Å². The molecule has 0 aromatic heterocycles. The summed E-state index contributed by atoms with van der Waals surface area (Å²) in [7, 11) is -1.62. The van der Waals surface area contributed by atoms with E-state index >= 15 is 0 Å². The van der Waals surface area contributed by atoms with Gasteiger partial charge in [0, 0.05) is 13.6 Å². The predicted octanol–water partition coefficient (Wildman–Crippen LogP) is 0.851. The molecular formula is C22H30N3O3S+. The fourth-order valence-corrected chi connectivity index (χ4v) is 5.14. The third-order valence-electron chi connectivity index (χ3n) is 5.54. The van der Waals surface area contributed by atoms with Crippen LogP contribution in [0.1, 0.15) is 16.7 Å². The molecule has 0 atom stereocenters. The zero-order valence-corrected chi connectivity index (χ0v) is 18.2. The first kappa shape index (κ1) is 21.5. The Kier molecular flexibility index (Phi) is 6.72. The quantitative estimate of drug-likeness (QED) is 0.760. The molecule has 2 aromatic rings. The highest BCUT2D eigenvalue weighted by atomic mass is 32.2. The summed E-state index contributed by atoms with van der Waals surface area (Å²) in [4.78, 5) is 15.9. The van der Waals surface area contributed by atoms with E-state index in [-0.39, 0.29) is 5.91 Å². The number of benzene rings is 2. The van der Waals surface area contributed by atoms with E-state index in [1.54, 1.807) is 35.2 Å². The van der Waals surface area contributed by atoms with E-state index in [1.807, 2.05) is 7.05 Å². The second-order valence-electron chi connectivity index (χ2n) is 7.82. The molecule has 1 N–H and O–H groups in total. The lowest BCUT2D eigenvalue weighted by atomic mass is 10.1. The minimum Gasteiger partial charge on any atom is -0.337 e. The van der Waals surface area contributed by atoms with E-state index in [2.05, 4.69) is 32.0 Å². The summed E-state index contributed by atoms with van der Waals surface area (Å²) in [5.74, 6) is 0.0827. The molecular weight excluding hydrogens is 386 g/mol. The summed E-state index contributed by atoms with van der Waals surface area (Å²) in [6.45, 7) is 7.24. The van der Waals surface area contributed by atoms with Crippen LogP contribution < -0.4 is 4.90 Å². The third kappa shape index (κ3) is 5.23. The van der Waals surface area contributed by atoms with Gasteiger partial charge in [0.25, 0.3) is 5.91 Å². The first-order valence-electron chi connectivity index (χ1n) is 9.96. The summed E-state index contributed by atoms with van der Waals surface area (Å²) in [6, 6.07) is 14.8. The fraction of sp³-hybridized carbons (Fsp3) is 0.409. The van der Waals surface area contributed by atoms with Gasteiger partial charge in [0.05, 0.1) is 31.1 Å². The van der Waals surface area contributed by atoms with Crippen LogP contribution in [0.25, 0.3) is 0 Å². The number of hydrogen-bond donors (Lipinski definition) is 1. The lowest BCUT2D eigenvalue weighted by Crippen LogP contribution is -3.15. The maximum atomic E-state index is 12.7. The lowest BCUT2D eigenvalue weighted by molar-refractivity contribution is -0.896. The molecule has 0 spiro atoms. The molecule has 3 rings (SSSR count). The van der Waals surface area contributed by atoms with Gasteiger partial charge in [-0.2, -0.15) is 4.31 Å². The Bertz CT molecular complexity index is 953. The van der Waals surface area contributed by atoms with E-state index in [0.29, 0.717) is 44.2 Å². The largest absolute Gasteiger partial charge is 0.337 e. The zero-order chi connectivity index (χ0) is 21.0. The van der Waals surface area contributed by atoms with Crippen molar-refractivity contribution in [2.24, 2.45) is 0 Å². The lowest BCUT2D eigenvalue weighted by Gasteiger charge is -2.32. The highest BCUT2D eigenvalue weighted by Gasteiger charge is 2.31. The Morgan fingerprint density at radius 1 is 1.07 bits per heavy atom. The molecule has 7 heteroatoms. The van der Waals surface area contributed by atoms with Crippen LogP contribution in [0.15, 0.2) is 53.4 Å². The van der Waals surface area contributed by atoms with Crippen molar-refractivity contribution in [2.45, 2.75) is 25.3 Å². The van der Waals surface area contributed by atoms with Crippen LogP contribution in [0.2, 0.25) is 0 Å². The number of likely N-dealkylation sites (N-methyl/N-ethyl adjacent to an activating group) is 1. The maximum Gasteiger partial charge on any atom is 0.277 e. The number of hydrogen-bond acceptors (Lipinski definition) is 3. The van der Waals surface area contributed by atoms with Gasteiger partial charge < -0.3 is 9.80 Å². The van der Waals surface area contributed by atoms with Gasteiger partial charge in [0.2, 0.25) is 10.0 Å². The SMILES string of the molecule is Cc1ccc(CN(C)C(=O)C[NH+]2CCN(S(=O)(=O)c3ccccc3)CC2)c(C)c1. The van der Waals surface area contributed by atoms with Crippen molar-refractivity contribution < 1.29 is 18.1 Å². The molecule has 156 valence electrons. The molecule has 1 aliphatic rings. The summed E-state index contributed by atoms with van der Waals surface area (Å²) in [5.41, 5.74) is 3.56. The van der Waals surface area contributed by atoms with Crippen LogP contribution >= 0.6 is 0 Å². The van der Waals surface area contributed by atoms with Crippen molar-refractivity contribution in [1.29, 1.82) is 0 Å². The molecule has 0 bridgehead atoms. The Balaban J connectivity index is 1.53. The summed E-state index contributed by atoms with van der Waals surface area (Å²) in [5, 5.41) is 0. The van der Waals surface area contributed by atoms with E-state index < -0.39 is 10.0 Å². The fourth-order valence-electron chi connectivity index (χ4n) is 3.68. The van der Waals surface area contributed by atoms with E-state index in [1.165, 1.54) is 15.4 Å². The molecule has 0 radical (unpaired) electrons. The van der Waals surface area contributed by atoms with Crippen molar-refractivity contribution in [2.75, 3.05) is 39.8 Å². The van der Waals surface area contributed by atoms with E-state index in [9.17, 15) is 13.2 Å². The van der Waals surface area contributed by atoms with Crippen LogP contribution in [0.4, 0.5) is 0 Å². The molecule has 1 aliphatic heterocycles. The monoisotopic (exact) mass is 416 g/mol. The Morgan fingerprint density at radius 3 is 2.34 bits per heavy atom. The molecule has 2 aromatic carbocycles. The topological polar surface area (TPSA) is 62.1 Å². The van der Waals surface area contributed by atoms with Crippen LogP contribution in [-0.2, 0) is 21.4 Å². The predicted molar refractivity (Wildman–Crippen MR) is 113 cm³/mol. The summed E-state index contributed by atoms with van der Waals surface area (Å²) >= 11 is 0. The first-order valence-corrected chi connectivity index (χ1v) is 11.4. The number of piperazine rings is 1. The number of sulfonamides is 1. The molecule has 6 nitrogen and oxygen atoms in total. The second-order valence-corrected chi connectivity index (χ2v) is 9.76. The van der Waals surface area contributed by atoms with Crippen molar-refractivity contribution in [1.82, 2.24) is 9.21 Å². The number of nitrogens with zero attached hydrogens (tertiary/aromatic N) is 2. The first-order chi connectivity index (χ1) is 13.8. The highest BCUT2D eigenvalue weighted by molar-refractivity contribution is 7.89. The van der Waals surface area contributed by atoms with Gasteiger partial charge in [-0.1, -0.05) is 42.0 Å². The molecule has 0 aliphatic carbocycles. The normalized spacial score (nSPS) is 16.0. The number of nitrogens with one attached hydrogen (secondary N) is 1. The van der Waals surface area contributed by atoms with E-state index in [4.69, 9.17) is 0 Å². The maximum absolute atomic E-state index is 12.7. The van der Waals surface area contributed by atoms with Gasteiger partial charge in [-0.15, -0.1) is 0 Å². The molecule has 1 saturated heterocycles. The minimum atomic E-state index is -3.45. The zero-order valence-electron chi connectivity index (χ0n) is 17.4. The second kappa shape index (κ2) is 9.07. The van der Waals surface area contributed by atoms with Crippen LogP contribution in [0, 0.1) is 13.8 Å². The molecule has 0 saturated carbocycles. The Hall–Kier alpha value is -2.22. The van der Waals surface area contributed by atoms with Gasteiger partial charge in [0.1, 0.15) is 0 Å². The van der Waals surface area contributed by atoms with Crippen LogP contribution in [0.3, 0.4) is 0 Å². The average Bonchev–Trinajstić information content (AvgIpc) is 2.71. The van der Waals surface area contributed by atoms with Crippen LogP contribution in [-0.4, -0.2) is 63.3 Å².